The molecule has 3 heterocycles. The summed E-state index contributed by atoms with van der Waals surface area (Å²) in [7, 11) is 0. The minimum Gasteiger partial charge on any atom is -0.462 e. The fourth-order valence-corrected chi connectivity index (χ4v) is 8.83. The first kappa shape index (κ1) is 32.7. The molecule has 2 unspecified atom stereocenters. The SMILES string of the molecule is CCOC(=O)c1ccc(NC(=O)Cn2c3c(sc2=O)[C@H](c2cccc(Br)c2)C2C(=O)N(c4cccc(C(F)(F)F)c4)C(=O)C2S3)cc1. The van der Waals surface area contributed by atoms with Crippen molar-refractivity contribution in [2.75, 3.05) is 16.8 Å². The Kier molecular flexibility index (Phi) is 8.89. The Bertz CT molecular complexity index is 1980. The molecule has 2 aliphatic heterocycles. The molecule has 0 bridgehead atoms. The molecular formula is C32H23BrF3N3O6S2. The lowest BCUT2D eigenvalue weighted by Crippen LogP contribution is -2.33. The van der Waals surface area contributed by atoms with E-state index in [1.54, 1.807) is 31.2 Å². The number of aromatic nitrogens is 1. The van der Waals surface area contributed by atoms with Crippen molar-refractivity contribution in [1.82, 2.24) is 4.57 Å². The van der Waals surface area contributed by atoms with Crippen LogP contribution < -0.4 is 15.1 Å². The molecule has 3 amide bonds. The molecule has 4 aromatic rings. The largest absolute Gasteiger partial charge is 0.462 e. The van der Waals surface area contributed by atoms with Gasteiger partial charge in [-0.2, -0.15) is 13.2 Å². The van der Waals surface area contributed by atoms with Crippen LogP contribution in [0.4, 0.5) is 24.5 Å². The maximum Gasteiger partial charge on any atom is 0.416 e. The van der Waals surface area contributed by atoms with Gasteiger partial charge in [-0.1, -0.05) is 57.2 Å². The number of nitrogens with zero attached hydrogens (tertiary/aromatic N) is 2. The number of carbonyl (C=O) groups is 4. The number of anilines is 2. The summed E-state index contributed by atoms with van der Waals surface area (Å²) in [4.78, 5) is 67.1. The first-order valence-corrected chi connectivity index (χ1v) is 16.6. The van der Waals surface area contributed by atoms with Crippen molar-refractivity contribution in [3.8, 4) is 0 Å². The second kappa shape index (κ2) is 12.8. The highest BCUT2D eigenvalue weighted by molar-refractivity contribution is 9.10. The normalized spacial score (nSPS) is 18.9. The van der Waals surface area contributed by atoms with Crippen molar-refractivity contribution in [3.05, 3.63) is 109 Å². The van der Waals surface area contributed by atoms with E-state index in [9.17, 15) is 37.1 Å². The van der Waals surface area contributed by atoms with Gasteiger partial charge in [0.15, 0.2) is 0 Å². The Labute approximate surface area is 281 Å². The Balaban J connectivity index is 1.35. The van der Waals surface area contributed by atoms with Crippen LogP contribution in [-0.4, -0.2) is 40.1 Å². The Morgan fingerprint density at radius 2 is 1.70 bits per heavy atom. The number of imide groups is 1. The number of thioether (sulfide) groups is 1. The van der Waals surface area contributed by atoms with Crippen LogP contribution in [0, 0.1) is 5.92 Å². The highest BCUT2D eigenvalue weighted by Crippen LogP contribution is 2.54. The molecule has 0 spiro atoms. The van der Waals surface area contributed by atoms with E-state index in [0.29, 0.717) is 31.2 Å². The summed E-state index contributed by atoms with van der Waals surface area (Å²) in [5, 5.41) is 1.94. The molecule has 0 aliphatic carbocycles. The van der Waals surface area contributed by atoms with E-state index in [1.807, 2.05) is 0 Å². The van der Waals surface area contributed by atoms with Gasteiger partial charge < -0.3 is 10.1 Å². The molecule has 242 valence electrons. The van der Waals surface area contributed by atoms with E-state index in [0.717, 1.165) is 46.2 Å². The van der Waals surface area contributed by atoms with E-state index < -0.39 is 63.9 Å². The molecular weight excluding hydrogens is 723 g/mol. The van der Waals surface area contributed by atoms with Gasteiger partial charge in [0, 0.05) is 21.0 Å². The molecule has 9 nitrogen and oxygen atoms in total. The van der Waals surface area contributed by atoms with Crippen LogP contribution in [0.3, 0.4) is 0 Å². The summed E-state index contributed by atoms with van der Waals surface area (Å²) >= 11 is 5.23. The van der Waals surface area contributed by atoms with Crippen LogP contribution in [0.25, 0.3) is 0 Å². The number of rotatable bonds is 7. The van der Waals surface area contributed by atoms with Crippen molar-refractivity contribution in [3.63, 3.8) is 0 Å². The number of esters is 1. The highest BCUT2D eigenvalue weighted by Gasteiger charge is 2.57. The Hall–Kier alpha value is -4.21. The smallest absolute Gasteiger partial charge is 0.416 e. The molecule has 1 saturated heterocycles. The predicted molar refractivity (Wildman–Crippen MR) is 173 cm³/mol. The molecule has 0 saturated carbocycles. The van der Waals surface area contributed by atoms with Crippen LogP contribution in [-0.2, 0) is 31.8 Å². The minimum atomic E-state index is -4.69. The standard InChI is InChI=1S/C32H23BrF3N3O6S2/c1-2-45-30(43)16-9-11-20(12-10-16)37-22(40)15-38-29-26(47-31(38)44)23(17-5-3-7-19(33)13-17)24-25(46-29)28(42)39(27(24)41)21-8-4-6-18(14-21)32(34,35)36/h3-14,23-25H,2,15H2,1H3,(H,37,40)/t23-,24?,25?/m1/s1. The fraction of sp³-hybridized carbons (Fsp3) is 0.219. The van der Waals surface area contributed by atoms with Gasteiger partial charge in [-0.05, 0) is 67.1 Å². The number of carbonyl (C=O) groups excluding carboxylic acids is 4. The first-order chi connectivity index (χ1) is 22.4. The number of alkyl halides is 3. The average Bonchev–Trinajstić information content (AvgIpc) is 3.47. The zero-order chi connectivity index (χ0) is 33.6. The van der Waals surface area contributed by atoms with Gasteiger partial charge in [0.05, 0.1) is 34.4 Å². The molecule has 2 aliphatic rings. The third kappa shape index (κ3) is 6.26. The maximum atomic E-state index is 14.0. The number of ether oxygens (including phenoxy) is 1. The van der Waals surface area contributed by atoms with Crippen LogP contribution in [0.15, 0.2) is 87.1 Å². The van der Waals surface area contributed by atoms with E-state index in [2.05, 4.69) is 21.2 Å². The molecule has 0 radical (unpaired) electrons. The minimum absolute atomic E-state index is 0.202. The number of benzene rings is 3. The summed E-state index contributed by atoms with van der Waals surface area (Å²) < 4.78 is 47.5. The van der Waals surface area contributed by atoms with Gasteiger partial charge in [-0.25, -0.2) is 9.69 Å². The molecule has 1 aromatic heterocycles. The van der Waals surface area contributed by atoms with Gasteiger partial charge >= 0.3 is 17.0 Å². The molecule has 6 rings (SSSR count). The van der Waals surface area contributed by atoms with Gasteiger partial charge in [0.1, 0.15) is 11.8 Å². The van der Waals surface area contributed by atoms with E-state index in [-0.39, 0.29) is 12.3 Å². The average molecular weight is 747 g/mol. The van der Waals surface area contributed by atoms with Crippen molar-refractivity contribution in [2.24, 2.45) is 5.92 Å². The Morgan fingerprint density at radius 1 is 0.979 bits per heavy atom. The van der Waals surface area contributed by atoms with Gasteiger partial charge in [-0.3, -0.25) is 23.7 Å². The second-order valence-electron chi connectivity index (χ2n) is 10.6. The summed E-state index contributed by atoms with van der Waals surface area (Å²) in [6.07, 6.45) is -4.69. The van der Waals surface area contributed by atoms with Crippen LogP contribution in [0.1, 0.15) is 39.2 Å². The molecule has 1 fully saturated rings. The molecule has 3 aromatic carbocycles. The third-order valence-corrected chi connectivity index (χ3v) is 10.8. The quantitative estimate of drug-likeness (QED) is 0.174. The molecule has 15 heteroatoms. The number of hydrogen-bond donors (Lipinski definition) is 1. The second-order valence-corrected chi connectivity index (χ2v) is 13.7. The molecule has 47 heavy (non-hydrogen) atoms. The lowest BCUT2D eigenvalue weighted by molar-refractivity contribution is -0.137. The van der Waals surface area contributed by atoms with E-state index in [4.69, 9.17) is 4.74 Å². The van der Waals surface area contributed by atoms with E-state index in [1.165, 1.54) is 34.9 Å². The summed E-state index contributed by atoms with van der Waals surface area (Å²) in [6, 6.07) is 17.1. The monoisotopic (exact) mass is 745 g/mol. The first-order valence-electron chi connectivity index (χ1n) is 14.1. The van der Waals surface area contributed by atoms with Crippen LogP contribution in [0.5, 0.6) is 0 Å². The van der Waals surface area contributed by atoms with Crippen LogP contribution in [0.2, 0.25) is 0 Å². The number of amides is 3. The van der Waals surface area contributed by atoms with Crippen molar-refractivity contribution in [2.45, 2.75) is 35.8 Å². The predicted octanol–water partition coefficient (Wildman–Crippen LogP) is 6.30. The van der Waals surface area contributed by atoms with Gasteiger partial charge in [0.2, 0.25) is 17.7 Å². The van der Waals surface area contributed by atoms with Gasteiger partial charge in [-0.15, -0.1) is 0 Å². The fourth-order valence-electron chi connectivity index (χ4n) is 5.64. The van der Waals surface area contributed by atoms with Crippen LogP contribution >= 0.6 is 39.0 Å². The number of nitrogens with one attached hydrogen (secondary N) is 1. The summed E-state index contributed by atoms with van der Waals surface area (Å²) in [6.45, 7) is 1.48. The zero-order valence-electron chi connectivity index (χ0n) is 24.2. The number of fused-ring (bicyclic) bond motifs is 2. The number of thiazole rings is 1. The van der Waals surface area contributed by atoms with Crippen molar-refractivity contribution in [1.29, 1.82) is 0 Å². The number of halogens is 4. The molecule has 3 atom stereocenters. The zero-order valence-corrected chi connectivity index (χ0v) is 27.5. The summed E-state index contributed by atoms with van der Waals surface area (Å²) in [5.41, 5.74) is 0.0753. The van der Waals surface area contributed by atoms with Crippen molar-refractivity contribution < 1.29 is 37.1 Å². The lowest BCUT2D eigenvalue weighted by atomic mass is 9.83. The van der Waals surface area contributed by atoms with E-state index >= 15 is 0 Å². The topological polar surface area (TPSA) is 115 Å². The van der Waals surface area contributed by atoms with Crippen molar-refractivity contribution >= 4 is 74.1 Å². The Morgan fingerprint density at radius 3 is 2.38 bits per heavy atom. The molecule has 1 N–H and O–H groups in total. The van der Waals surface area contributed by atoms with Gasteiger partial charge in [0.25, 0.3) is 0 Å². The summed E-state index contributed by atoms with van der Waals surface area (Å²) in [5.74, 6) is -4.29. The third-order valence-electron chi connectivity index (χ3n) is 7.67. The highest BCUT2D eigenvalue weighted by atomic mass is 79.9. The lowest BCUT2D eigenvalue weighted by Gasteiger charge is -2.30. The maximum absolute atomic E-state index is 14.0. The number of hydrogen-bond acceptors (Lipinski definition) is 8.